The highest BCUT2D eigenvalue weighted by Crippen LogP contribution is 2.34. The minimum Gasteiger partial charge on any atom is -0.489 e. The lowest BCUT2D eigenvalue weighted by atomic mass is 9.86. The zero-order valence-corrected chi connectivity index (χ0v) is 14.5. The summed E-state index contributed by atoms with van der Waals surface area (Å²) in [6, 6.07) is 12.8. The molecule has 116 valence electrons. The Labute approximate surface area is 139 Å². The fourth-order valence-electron chi connectivity index (χ4n) is 2.22. The molecule has 0 radical (unpaired) electrons. The molecule has 0 aliphatic heterocycles. The average molecular weight is 363 g/mol. The number of ether oxygens (including phenoxy) is 1. The fourth-order valence-corrected chi connectivity index (χ4v) is 2.59. The van der Waals surface area contributed by atoms with Crippen LogP contribution in [-0.2, 0) is 12.0 Å². The van der Waals surface area contributed by atoms with Crippen LogP contribution in [0.4, 0.5) is 0 Å². The molecule has 0 saturated carbocycles. The molecule has 22 heavy (non-hydrogen) atoms. The maximum Gasteiger partial charge on any atom is 0.336 e. The van der Waals surface area contributed by atoms with Crippen molar-refractivity contribution in [3.63, 3.8) is 0 Å². The van der Waals surface area contributed by atoms with Gasteiger partial charge in [-0.15, -0.1) is 0 Å². The molecule has 0 unspecified atom stereocenters. The van der Waals surface area contributed by atoms with Crippen LogP contribution in [0, 0.1) is 0 Å². The Hall–Kier alpha value is -1.81. The summed E-state index contributed by atoms with van der Waals surface area (Å²) in [5.41, 5.74) is 1.95. The molecule has 2 aromatic rings. The summed E-state index contributed by atoms with van der Waals surface area (Å²) in [7, 11) is 0. The van der Waals surface area contributed by atoms with Crippen LogP contribution in [0.1, 0.15) is 42.3 Å². The van der Waals surface area contributed by atoms with Gasteiger partial charge in [-0.3, -0.25) is 0 Å². The first-order valence-corrected chi connectivity index (χ1v) is 7.82. The Balaban J connectivity index is 2.28. The maximum absolute atomic E-state index is 11.2. The number of hydrogen-bond acceptors (Lipinski definition) is 2. The number of carbonyl (C=O) groups is 1. The van der Waals surface area contributed by atoms with E-state index in [2.05, 4.69) is 36.7 Å². The fraction of sp³-hybridized carbons (Fsp3) is 0.278. The molecule has 2 rings (SSSR count). The van der Waals surface area contributed by atoms with Gasteiger partial charge in [0, 0.05) is 15.6 Å². The van der Waals surface area contributed by atoms with E-state index in [0.717, 1.165) is 15.8 Å². The van der Waals surface area contributed by atoms with Crippen molar-refractivity contribution in [2.45, 2.75) is 32.8 Å². The first-order chi connectivity index (χ1) is 10.3. The van der Waals surface area contributed by atoms with Crippen molar-refractivity contribution in [1.82, 2.24) is 0 Å². The van der Waals surface area contributed by atoms with E-state index in [-0.39, 0.29) is 17.6 Å². The van der Waals surface area contributed by atoms with Crippen molar-refractivity contribution in [3.05, 3.63) is 63.6 Å². The quantitative estimate of drug-likeness (QED) is 0.829. The van der Waals surface area contributed by atoms with Crippen LogP contribution in [0.2, 0.25) is 0 Å². The van der Waals surface area contributed by atoms with Crippen molar-refractivity contribution < 1.29 is 14.6 Å². The molecule has 0 atom stereocenters. The third-order valence-corrected chi connectivity index (χ3v) is 3.87. The maximum atomic E-state index is 11.2. The van der Waals surface area contributed by atoms with Crippen molar-refractivity contribution in [2.75, 3.05) is 0 Å². The predicted molar refractivity (Wildman–Crippen MR) is 90.6 cm³/mol. The van der Waals surface area contributed by atoms with E-state index in [1.54, 1.807) is 18.2 Å². The molecule has 0 aromatic heterocycles. The van der Waals surface area contributed by atoms with Crippen molar-refractivity contribution in [2.24, 2.45) is 0 Å². The number of aromatic carboxylic acids is 1. The second-order valence-electron chi connectivity index (χ2n) is 6.14. The SMILES string of the molecule is CC(C)(C)c1cc(Br)ccc1OCc1ccccc1C(=O)O. The van der Waals surface area contributed by atoms with Crippen molar-refractivity contribution in [1.29, 1.82) is 0 Å². The summed E-state index contributed by atoms with van der Waals surface area (Å²) in [6.07, 6.45) is 0. The Bertz CT molecular complexity index is 687. The van der Waals surface area contributed by atoms with E-state index in [9.17, 15) is 9.90 Å². The van der Waals surface area contributed by atoms with Gasteiger partial charge in [-0.05, 0) is 29.7 Å². The lowest BCUT2D eigenvalue weighted by Crippen LogP contribution is -2.14. The molecule has 0 aliphatic rings. The number of benzene rings is 2. The van der Waals surface area contributed by atoms with Crippen molar-refractivity contribution >= 4 is 21.9 Å². The van der Waals surface area contributed by atoms with Gasteiger partial charge >= 0.3 is 5.97 Å². The van der Waals surface area contributed by atoms with E-state index in [4.69, 9.17) is 4.74 Å². The second kappa shape index (κ2) is 6.53. The van der Waals surface area contributed by atoms with Crippen LogP contribution in [0.25, 0.3) is 0 Å². The Morgan fingerprint density at radius 3 is 2.50 bits per heavy atom. The molecular weight excluding hydrogens is 344 g/mol. The van der Waals surface area contributed by atoms with Crippen LogP contribution < -0.4 is 4.74 Å². The average Bonchev–Trinajstić information content (AvgIpc) is 2.45. The van der Waals surface area contributed by atoms with Crippen LogP contribution in [0.15, 0.2) is 46.9 Å². The smallest absolute Gasteiger partial charge is 0.336 e. The number of carboxylic acids is 1. The molecule has 0 fully saturated rings. The summed E-state index contributed by atoms with van der Waals surface area (Å²) in [6.45, 7) is 6.58. The molecule has 0 bridgehead atoms. The second-order valence-corrected chi connectivity index (χ2v) is 7.06. The van der Waals surface area contributed by atoms with Crippen LogP contribution >= 0.6 is 15.9 Å². The summed E-state index contributed by atoms with van der Waals surface area (Å²) < 4.78 is 6.91. The standard InChI is InChI=1S/C18H19BrO3/c1-18(2,3)15-10-13(19)8-9-16(15)22-11-12-6-4-5-7-14(12)17(20)21/h4-10H,11H2,1-3H3,(H,20,21). The largest absolute Gasteiger partial charge is 0.489 e. The van der Waals surface area contributed by atoms with Gasteiger partial charge in [-0.2, -0.15) is 0 Å². The third kappa shape index (κ3) is 3.89. The van der Waals surface area contributed by atoms with E-state index < -0.39 is 5.97 Å². The van der Waals surface area contributed by atoms with Gasteiger partial charge in [0.2, 0.25) is 0 Å². The third-order valence-electron chi connectivity index (χ3n) is 3.38. The van der Waals surface area contributed by atoms with E-state index in [0.29, 0.717) is 5.56 Å². The monoisotopic (exact) mass is 362 g/mol. The number of halogens is 1. The summed E-state index contributed by atoms with van der Waals surface area (Å²) in [5.74, 6) is -0.165. The van der Waals surface area contributed by atoms with Crippen LogP contribution in [0.3, 0.4) is 0 Å². The normalized spacial score (nSPS) is 11.3. The van der Waals surface area contributed by atoms with E-state index in [1.807, 2.05) is 24.3 Å². The predicted octanol–water partition coefficient (Wildman–Crippen LogP) is 5.02. The summed E-state index contributed by atoms with van der Waals surface area (Å²) in [4.78, 5) is 11.2. The minimum atomic E-state index is -0.939. The molecule has 0 saturated heterocycles. The van der Waals surface area contributed by atoms with Gasteiger partial charge in [0.05, 0.1) is 5.56 Å². The Kier molecular flexibility index (Phi) is 4.91. The molecule has 3 nitrogen and oxygen atoms in total. The van der Waals surface area contributed by atoms with Crippen LogP contribution in [-0.4, -0.2) is 11.1 Å². The zero-order valence-electron chi connectivity index (χ0n) is 12.9. The van der Waals surface area contributed by atoms with Gasteiger partial charge in [0.1, 0.15) is 12.4 Å². The highest BCUT2D eigenvalue weighted by molar-refractivity contribution is 9.10. The van der Waals surface area contributed by atoms with Gasteiger partial charge in [0.15, 0.2) is 0 Å². The minimum absolute atomic E-state index is 0.0641. The van der Waals surface area contributed by atoms with Crippen LogP contribution in [0.5, 0.6) is 5.75 Å². The Morgan fingerprint density at radius 1 is 1.18 bits per heavy atom. The van der Waals surface area contributed by atoms with E-state index in [1.165, 1.54) is 0 Å². The first-order valence-electron chi connectivity index (χ1n) is 7.03. The summed E-state index contributed by atoms with van der Waals surface area (Å²) in [5, 5.41) is 9.22. The van der Waals surface area contributed by atoms with Gasteiger partial charge in [-0.1, -0.05) is 54.9 Å². The number of carboxylic acid groups (broad SMARTS) is 1. The first kappa shape index (κ1) is 16.6. The molecule has 0 spiro atoms. The highest BCUT2D eigenvalue weighted by Gasteiger charge is 2.20. The highest BCUT2D eigenvalue weighted by atomic mass is 79.9. The molecule has 0 heterocycles. The molecular formula is C18H19BrO3. The molecule has 4 heteroatoms. The number of rotatable bonds is 4. The molecule has 0 amide bonds. The van der Waals surface area contributed by atoms with E-state index >= 15 is 0 Å². The topological polar surface area (TPSA) is 46.5 Å². The van der Waals surface area contributed by atoms with Crippen molar-refractivity contribution in [3.8, 4) is 5.75 Å². The van der Waals surface area contributed by atoms with Gasteiger partial charge in [-0.25, -0.2) is 4.79 Å². The van der Waals surface area contributed by atoms with Gasteiger partial charge < -0.3 is 9.84 Å². The van der Waals surface area contributed by atoms with Gasteiger partial charge in [0.25, 0.3) is 0 Å². The molecule has 1 N–H and O–H groups in total. The summed E-state index contributed by atoms with van der Waals surface area (Å²) >= 11 is 3.48. The molecule has 0 aliphatic carbocycles. The molecule has 2 aromatic carbocycles. The zero-order chi connectivity index (χ0) is 16.3. The Morgan fingerprint density at radius 2 is 1.86 bits per heavy atom. The number of hydrogen-bond donors (Lipinski definition) is 1. The lowest BCUT2D eigenvalue weighted by Gasteiger charge is -2.23. The lowest BCUT2D eigenvalue weighted by molar-refractivity contribution is 0.0694.